The summed E-state index contributed by atoms with van der Waals surface area (Å²) in [5.41, 5.74) is 1.14. The third kappa shape index (κ3) is 7.52. The van der Waals surface area contributed by atoms with Gasteiger partial charge >= 0.3 is 0 Å². The molecule has 0 aliphatic carbocycles. The van der Waals surface area contributed by atoms with Gasteiger partial charge in [-0.1, -0.05) is 30.3 Å². The first-order valence-electron chi connectivity index (χ1n) is 8.51. The second kappa shape index (κ2) is 9.86. The summed E-state index contributed by atoms with van der Waals surface area (Å²) in [6.45, 7) is 4.13. The first kappa shape index (κ1) is 19.8. The van der Waals surface area contributed by atoms with Gasteiger partial charge in [0.05, 0.1) is 19.4 Å². The molecule has 1 amide bonds. The predicted octanol–water partition coefficient (Wildman–Crippen LogP) is 0.287. The Morgan fingerprint density at radius 3 is 2.48 bits per heavy atom. The normalized spacial score (nSPS) is 16.7. The van der Waals surface area contributed by atoms with E-state index in [1.807, 2.05) is 35.2 Å². The lowest BCUT2D eigenvalue weighted by atomic mass is 10.2. The van der Waals surface area contributed by atoms with Gasteiger partial charge in [-0.05, 0) is 12.0 Å². The monoisotopic (exact) mass is 369 g/mol. The fourth-order valence-corrected chi connectivity index (χ4v) is 3.47. The van der Waals surface area contributed by atoms with E-state index >= 15 is 0 Å². The molecule has 0 bridgehead atoms. The predicted molar refractivity (Wildman–Crippen MR) is 96.6 cm³/mol. The Hall–Kier alpha value is -1.48. The van der Waals surface area contributed by atoms with Crippen LogP contribution in [0.4, 0.5) is 0 Å². The summed E-state index contributed by atoms with van der Waals surface area (Å²) >= 11 is 0. The highest BCUT2D eigenvalue weighted by atomic mass is 32.2. The second-order valence-corrected chi connectivity index (χ2v) is 8.16. The van der Waals surface area contributed by atoms with Gasteiger partial charge < -0.3 is 10.1 Å². The minimum atomic E-state index is -3.13. The third-order valence-corrected chi connectivity index (χ3v) is 5.37. The first-order valence-corrected chi connectivity index (χ1v) is 10.4. The Labute approximate surface area is 150 Å². The Kier molecular flexibility index (Phi) is 7.83. The molecule has 1 aliphatic heterocycles. The number of hydrogen-bond acceptors (Lipinski definition) is 5. The van der Waals surface area contributed by atoms with E-state index in [4.69, 9.17) is 4.74 Å². The molecule has 1 fully saturated rings. The molecule has 140 valence electrons. The van der Waals surface area contributed by atoms with Crippen LogP contribution in [0.25, 0.3) is 0 Å². The first-order chi connectivity index (χ1) is 11.9. The van der Waals surface area contributed by atoms with Gasteiger partial charge in [0.2, 0.25) is 15.9 Å². The lowest BCUT2D eigenvalue weighted by molar-refractivity contribution is -0.122. The molecule has 7 nitrogen and oxygen atoms in total. The number of hydrogen-bond donors (Lipinski definition) is 1. The number of rotatable bonds is 9. The van der Waals surface area contributed by atoms with Crippen LogP contribution in [0, 0.1) is 0 Å². The van der Waals surface area contributed by atoms with Gasteiger partial charge in [-0.2, -0.15) is 4.31 Å². The summed E-state index contributed by atoms with van der Waals surface area (Å²) in [5.74, 6) is -0.0316. The van der Waals surface area contributed by atoms with Crippen LogP contribution in [0.15, 0.2) is 30.3 Å². The molecule has 0 aromatic heterocycles. The summed E-state index contributed by atoms with van der Waals surface area (Å²) in [5, 5.41) is 2.88. The van der Waals surface area contributed by atoms with Crippen molar-refractivity contribution in [2.45, 2.75) is 13.0 Å². The molecule has 8 heteroatoms. The van der Waals surface area contributed by atoms with Crippen molar-refractivity contribution < 1.29 is 17.9 Å². The van der Waals surface area contributed by atoms with E-state index in [1.165, 1.54) is 10.6 Å². The number of benzene rings is 1. The number of nitrogens with zero attached hydrogens (tertiary/aromatic N) is 2. The van der Waals surface area contributed by atoms with Crippen LogP contribution >= 0.6 is 0 Å². The summed E-state index contributed by atoms with van der Waals surface area (Å²) in [6, 6.07) is 9.97. The molecule has 2 rings (SSSR count). The van der Waals surface area contributed by atoms with E-state index in [9.17, 15) is 13.2 Å². The van der Waals surface area contributed by atoms with Crippen LogP contribution in [0.5, 0.6) is 0 Å². The molecule has 1 saturated heterocycles. The van der Waals surface area contributed by atoms with Gasteiger partial charge in [-0.25, -0.2) is 8.42 Å². The molecule has 0 unspecified atom stereocenters. The van der Waals surface area contributed by atoms with Crippen LogP contribution in [0.1, 0.15) is 12.0 Å². The number of sulfonamides is 1. The quantitative estimate of drug-likeness (QED) is 0.633. The maximum atomic E-state index is 11.9. The van der Waals surface area contributed by atoms with Crippen LogP contribution in [-0.4, -0.2) is 75.7 Å². The van der Waals surface area contributed by atoms with Crippen molar-refractivity contribution in [3.63, 3.8) is 0 Å². The maximum Gasteiger partial charge on any atom is 0.234 e. The number of nitrogens with one attached hydrogen (secondary N) is 1. The lowest BCUT2D eigenvalue weighted by Crippen LogP contribution is -2.50. The molecule has 1 aromatic rings. The smallest absolute Gasteiger partial charge is 0.234 e. The van der Waals surface area contributed by atoms with Gasteiger partial charge in [0, 0.05) is 39.3 Å². The van der Waals surface area contributed by atoms with Crippen molar-refractivity contribution in [3.8, 4) is 0 Å². The maximum absolute atomic E-state index is 11.9. The number of carbonyl (C=O) groups is 1. The minimum Gasteiger partial charge on any atom is -0.377 e. The van der Waals surface area contributed by atoms with Gasteiger partial charge in [0.25, 0.3) is 0 Å². The molecule has 25 heavy (non-hydrogen) atoms. The van der Waals surface area contributed by atoms with E-state index in [2.05, 4.69) is 5.32 Å². The molecule has 1 aromatic carbocycles. The number of piperazine rings is 1. The van der Waals surface area contributed by atoms with E-state index in [1.54, 1.807) is 0 Å². The Morgan fingerprint density at radius 2 is 1.84 bits per heavy atom. The number of ether oxygens (including phenoxy) is 1. The molecule has 1 heterocycles. The van der Waals surface area contributed by atoms with Gasteiger partial charge in [-0.3, -0.25) is 9.69 Å². The highest BCUT2D eigenvalue weighted by molar-refractivity contribution is 7.88. The van der Waals surface area contributed by atoms with E-state index in [0.717, 1.165) is 12.0 Å². The lowest BCUT2D eigenvalue weighted by Gasteiger charge is -2.32. The van der Waals surface area contributed by atoms with Crippen molar-refractivity contribution in [1.82, 2.24) is 14.5 Å². The zero-order valence-corrected chi connectivity index (χ0v) is 15.5. The Balaban J connectivity index is 1.52. The van der Waals surface area contributed by atoms with Gasteiger partial charge in [0.15, 0.2) is 0 Å². The molecule has 0 atom stereocenters. The van der Waals surface area contributed by atoms with Gasteiger partial charge in [-0.15, -0.1) is 0 Å². The molecule has 1 N–H and O–H groups in total. The minimum absolute atomic E-state index is 0.0316. The molecule has 0 radical (unpaired) electrons. The largest absolute Gasteiger partial charge is 0.377 e. The zero-order chi connectivity index (χ0) is 18.1. The van der Waals surface area contributed by atoms with E-state index < -0.39 is 10.0 Å². The highest BCUT2D eigenvalue weighted by Gasteiger charge is 2.24. The number of carbonyl (C=O) groups excluding carboxylic acids is 1. The molecular weight excluding hydrogens is 342 g/mol. The van der Waals surface area contributed by atoms with Crippen LogP contribution in [0.2, 0.25) is 0 Å². The Morgan fingerprint density at radius 1 is 1.16 bits per heavy atom. The summed E-state index contributed by atoms with van der Waals surface area (Å²) in [6.07, 6.45) is 1.98. The topological polar surface area (TPSA) is 79.0 Å². The van der Waals surface area contributed by atoms with Crippen LogP contribution in [-0.2, 0) is 26.2 Å². The van der Waals surface area contributed by atoms with Crippen molar-refractivity contribution in [3.05, 3.63) is 35.9 Å². The zero-order valence-electron chi connectivity index (χ0n) is 14.7. The average Bonchev–Trinajstić information content (AvgIpc) is 2.58. The SMILES string of the molecule is CS(=O)(=O)N1CCN(CC(=O)NCCCOCc2ccccc2)CC1. The Bertz CT molecular complexity index is 629. The fourth-order valence-electron chi connectivity index (χ4n) is 2.64. The molecular formula is C17H27N3O4S. The third-order valence-electron chi connectivity index (χ3n) is 4.07. The standard InChI is InChI=1S/C17H27N3O4S/c1-25(22,23)20-11-9-19(10-12-20)14-17(21)18-8-5-13-24-15-16-6-3-2-4-7-16/h2-4,6-7H,5,8-15H2,1H3,(H,18,21). The summed E-state index contributed by atoms with van der Waals surface area (Å²) in [7, 11) is -3.13. The number of amides is 1. The van der Waals surface area contributed by atoms with E-state index in [-0.39, 0.29) is 5.91 Å². The van der Waals surface area contributed by atoms with Crippen molar-refractivity contribution in [2.24, 2.45) is 0 Å². The molecule has 0 spiro atoms. The fraction of sp³-hybridized carbons (Fsp3) is 0.588. The van der Waals surface area contributed by atoms with Gasteiger partial charge in [0.1, 0.15) is 0 Å². The average molecular weight is 369 g/mol. The highest BCUT2D eigenvalue weighted by Crippen LogP contribution is 2.05. The molecule has 0 saturated carbocycles. The second-order valence-electron chi connectivity index (χ2n) is 6.18. The van der Waals surface area contributed by atoms with Crippen molar-refractivity contribution in [2.75, 3.05) is 52.1 Å². The summed E-state index contributed by atoms with van der Waals surface area (Å²) < 4.78 is 29.9. The van der Waals surface area contributed by atoms with Crippen molar-refractivity contribution >= 4 is 15.9 Å². The molecule has 1 aliphatic rings. The summed E-state index contributed by atoms with van der Waals surface area (Å²) in [4.78, 5) is 13.9. The van der Waals surface area contributed by atoms with Crippen molar-refractivity contribution in [1.29, 1.82) is 0 Å². The van der Waals surface area contributed by atoms with E-state index in [0.29, 0.717) is 52.5 Å². The van der Waals surface area contributed by atoms with Crippen LogP contribution < -0.4 is 5.32 Å². The van der Waals surface area contributed by atoms with Crippen LogP contribution in [0.3, 0.4) is 0 Å².